The van der Waals surface area contributed by atoms with E-state index in [9.17, 15) is 9.18 Å². The number of carbonyl (C=O) groups excluding carboxylic acids is 1. The summed E-state index contributed by atoms with van der Waals surface area (Å²) >= 11 is 12.9. The maximum Gasteiger partial charge on any atom is 0.256 e. The lowest BCUT2D eigenvalue weighted by Gasteiger charge is -2.14. The number of carbonyl (C=O) groups is 1. The molecule has 0 unspecified atom stereocenters. The van der Waals surface area contributed by atoms with Crippen molar-refractivity contribution in [2.45, 2.75) is 0 Å². The second-order valence-electron chi connectivity index (χ2n) is 5.00. The van der Waals surface area contributed by atoms with Gasteiger partial charge >= 0.3 is 0 Å². The minimum Gasteiger partial charge on any atom is -0.482 e. The topological polar surface area (TPSA) is 59.9 Å². The average molecular weight is 413 g/mol. The summed E-state index contributed by atoms with van der Waals surface area (Å²) in [6, 6.07) is 10.1. The summed E-state index contributed by atoms with van der Waals surface area (Å²) in [6.45, 7) is 0.0596. The molecule has 3 rings (SSSR count). The molecule has 5 nitrogen and oxygen atoms in total. The van der Waals surface area contributed by atoms with Crippen molar-refractivity contribution in [2.75, 3.05) is 6.61 Å². The van der Waals surface area contributed by atoms with Crippen molar-refractivity contribution in [2.24, 2.45) is 4.40 Å². The molecule has 0 spiro atoms. The van der Waals surface area contributed by atoms with Gasteiger partial charge in [0.2, 0.25) is 5.90 Å². The molecule has 26 heavy (non-hydrogen) atoms. The lowest BCUT2D eigenvalue weighted by molar-refractivity contribution is 0.0967. The monoisotopic (exact) mass is 412 g/mol. The van der Waals surface area contributed by atoms with Crippen LogP contribution in [0.2, 0.25) is 10.0 Å². The third-order valence-electron chi connectivity index (χ3n) is 3.14. The van der Waals surface area contributed by atoms with Gasteiger partial charge in [0.1, 0.15) is 22.9 Å². The van der Waals surface area contributed by atoms with Gasteiger partial charge in [-0.2, -0.15) is 4.40 Å². The van der Waals surface area contributed by atoms with Crippen LogP contribution in [-0.4, -0.2) is 18.4 Å². The van der Waals surface area contributed by atoms with Crippen molar-refractivity contribution in [1.29, 1.82) is 0 Å². The van der Waals surface area contributed by atoms with Crippen LogP contribution in [0.5, 0.6) is 5.75 Å². The highest BCUT2D eigenvalue weighted by atomic mass is 35.5. The second-order valence-corrected chi connectivity index (χ2v) is 6.65. The Bertz CT molecular complexity index is 888. The highest BCUT2D eigenvalue weighted by Crippen LogP contribution is 2.28. The summed E-state index contributed by atoms with van der Waals surface area (Å²) in [5.41, 5.74) is 0.323. The molecule has 1 heterocycles. The van der Waals surface area contributed by atoms with Crippen molar-refractivity contribution < 1.29 is 18.7 Å². The van der Waals surface area contributed by atoms with Gasteiger partial charge in [0, 0.05) is 22.5 Å². The molecular weight excluding hydrogens is 402 g/mol. The predicted molar refractivity (Wildman–Crippen MR) is 100 cm³/mol. The molecule has 0 fully saturated rings. The molecule has 0 atom stereocenters. The third-order valence-corrected chi connectivity index (χ3v) is 4.36. The van der Waals surface area contributed by atoms with Gasteiger partial charge in [0.15, 0.2) is 6.61 Å². The fourth-order valence-electron chi connectivity index (χ4n) is 1.89. The van der Waals surface area contributed by atoms with Gasteiger partial charge < -0.3 is 14.8 Å². The molecule has 0 bridgehead atoms. The summed E-state index contributed by atoms with van der Waals surface area (Å²) in [7, 11) is 0. The Labute approximate surface area is 162 Å². The standard InChI is InChI=1S/C17H11Cl2FN2O3S/c18-11-3-6-14(13(19)7-11)24-8-15-22-26-16(9-25-15)21-17(23)10-1-4-12(20)5-2-10/h1-7,9H,8H2,(H,21,23). The Hall–Kier alpha value is -2.22. The molecule has 9 heteroatoms. The lowest BCUT2D eigenvalue weighted by atomic mass is 10.2. The summed E-state index contributed by atoms with van der Waals surface area (Å²) in [5.74, 6) is -0.0473. The van der Waals surface area contributed by atoms with E-state index in [0.717, 1.165) is 11.9 Å². The number of amides is 1. The smallest absolute Gasteiger partial charge is 0.256 e. The van der Waals surface area contributed by atoms with E-state index in [2.05, 4.69) is 9.71 Å². The predicted octanol–water partition coefficient (Wildman–Crippen LogP) is 4.82. The van der Waals surface area contributed by atoms with Crippen LogP contribution in [0.1, 0.15) is 10.4 Å². The van der Waals surface area contributed by atoms with Crippen molar-refractivity contribution in [3.05, 3.63) is 75.2 Å². The highest BCUT2D eigenvalue weighted by molar-refractivity contribution is 8.02. The highest BCUT2D eigenvalue weighted by Gasteiger charge is 2.15. The number of hydrogen-bond acceptors (Lipinski definition) is 5. The minimum absolute atomic E-state index is 0.0596. The SMILES string of the molecule is O=C(NC1=COC(COc2ccc(Cl)cc2Cl)=NS1)c1ccc(F)cc1. The Morgan fingerprint density at radius 1 is 1.23 bits per heavy atom. The van der Waals surface area contributed by atoms with Crippen LogP contribution in [0.4, 0.5) is 4.39 Å². The van der Waals surface area contributed by atoms with E-state index in [-0.39, 0.29) is 6.61 Å². The first kappa shape index (κ1) is 18.6. The quantitative estimate of drug-likeness (QED) is 0.715. The molecule has 1 N–H and O–H groups in total. The number of ether oxygens (including phenoxy) is 2. The maximum absolute atomic E-state index is 12.9. The molecule has 0 saturated carbocycles. The molecule has 1 aliphatic heterocycles. The Kier molecular flexibility index (Phi) is 6.03. The maximum atomic E-state index is 12.9. The van der Waals surface area contributed by atoms with Gasteiger partial charge in [-0.1, -0.05) is 23.2 Å². The number of nitrogens with zero attached hydrogens (tertiary/aromatic N) is 1. The van der Waals surface area contributed by atoms with E-state index in [1.165, 1.54) is 30.5 Å². The molecule has 134 valence electrons. The fourth-order valence-corrected chi connectivity index (χ4v) is 2.88. The lowest BCUT2D eigenvalue weighted by Crippen LogP contribution is -2.24. The molecule has 0 saturated heterocycles. The molecule has 0 aromatic heterocycles. The first-order valence-corrected chi connectivity index (χ1v) is 8.79. The van der Waals surface area contributed by atoms with E-state index < -0.39 is 11.7 Å². The fraction of sp³-hybridized carbons (Fsp3) is 0.0588. The summed E-state index contributed by atoms with van der Waals surface area (Å²) in [5, 5.41) is 3.90. The summed E-state index contributed by atoms with van der Waals surface area (Å²) in [4.78, 5) is 12.0. The Balaban J connectivity index is 1.51. The van der Waals surface area contributed by atoms with Gasteiger partial charge in [-0.25, -0.2) is 4.39 Å². The molecule has 0 radical (unpaired) electrons. The second kappa shape index (κ2) is 8.44. The van der Waals surface area contributed by atoms with E-state index in [0.29, 0.717) is 32.3 Å². The molecule has 1 aliphatic rings. The molecule has 2 aromatic carbocycles. The Morgan fingerprint density at radius 2 is 2.00 bits per heavy atom. The van der Waals surface area contributed by atoms with Crippen molar-refractivity contribution in [3.63, 3.8) is 0 Å². The van der Waals surface area contributed by atoms with Crippen LogP contribution < -0.4 is 10.1 Å². The third kappa shape index (κ3) is 4.91. The summed E-state index contributed by atoms with van der Waals surface area (Å²) < 4.78 is 27.8. The zero-order valence-electron chi connectivity index (χ0n) is 13.0. The number of nitrogens with one attached hydrogen (secondary N) is 1. The number of benzene rings is 2. The van der Waals surface area contributed by atoms with Crippen LogP contribution in [0.25, 0.3) is 0 Å². The van der Waals surface area contributed by atoms with Crippen LogP contribution in [0, 0.1) is 5.82 Å². The number of hydrogen-bond donors (Lipinski definition) is 1. The first-order valence-electron chi connectivity index (χ1n) is 7.27. The van der Waals surface area contributed by atoms with Gasteiger partial charge in [0.25, 0.3) is 5.91 Å². The van der Waals surface area contributed by atoms with Gasteiger partial charge in [-0.15, -0.1) is 0 Å². The van der Waals surface area contributed by atoms with Gasteiger partial charge in [-0.05, 0) is 42.5 Å². The summed E-state index contributed by atoms with van der Waals surface area (Å²) in [6.07, 6.45) is 1.35. The van der Waals surface area contributed by atoms with E-state index in [4.69, 9.17) is 32.7 Å². The van der Waals surface area contributed by atoms with E-state index in [1.54, 1.807) is 18.2 Å². The largest absolute Gasteiger partial charge is 0.482 e. The zero-order valence-corrected chi connectivity index (χ0v) is 15.4. The van der Waals surface area contributed by atoms with Gasteiger partial charge in [-0.3, -0.25) is 4.79 Å². The van der Waals surface area contributed by atoms with Crippen LogP contribution >= 0.6 is 35.1 Å². The first-order chi connectivity index (χ1) is 12.5. The number of rotatable bonds is 5. The molecule has 1 amide bonds. The molecular formula is C17H11Cl2FN2O3S. The van der Waals surface area contributed by atoms with Gasteiger partial charge in [0.05, 0.1) is 5.02 Å². The molecule has 0 aliphatic carbocycles. The number of halogens is 3. The molecule has 2 aromatic rings. The van der Waals surface area contributed by atoms with E-state index in [1.807, 2.05) is 0 Å². The zero-order chi connectivity index (χ0) is 18.5. The van der Waals surface area contributed by atoms with Crippen LogP contribution in [0.3, 0.4) is 0 Å². The van der Waals surface area contributed by atoms with Crippen molar-refractivity contribution >= 4 is 47.0 Å². The minimum atomic E-state index is -0.411. The van der Waals surface area contributed by atoms with Crippen molar-refractivity contribution in [3.8, 4) is 5.75 Å². The van der Waals surface area contributed by atoms with Crippen molar-refractivity contribution in [1.82, 2.24) is 5.32 Å². The Morgan fingerprint density at radius 3 is 2.65 bits per heavy atom. The van der Waals surface area contributed by atoms with Crippen LogP contribution in [0.15, 0.2) is 58.2 Å². The average Bonchev–Trinajstić information content (AvgIpc) is 2.63. The van der Waals surface area contributed by atoms with E-state index >= 15 is 0 Å². The normalized spacial score (nSPS) is 13.3. The van der Waals surface area contributed by atoms with Crippen LogP contribution in [-0.2, 0) is 4.74 Å².